The average molecular weight is 249 g/mol. The zero-order valence-electron chi connectivity index (χ0n) is 5.67. The van der Waals surface area contributed by atoms with Crippen molar-refractivity contribution in [3.8, 4) is 0 Å². The second kappa shape index (κ2) is 3.18. The zero-order valence-corrected chi connectivity index (χ0v) is 7.83. The highest BCUT2D eigenvalue weighted by Gasteiger charge is 1.94. The average Bonchev–Trinajstić information content (AvgIpc) is 1.95. The van der Waals surface area contributed by atoms with Crippen LogP contribution in [0.1, 0.15) is 6.92 Å². The summed E-state index contributed by atoms with van der Waals surface area (Å²) in [5.74, 6) is 0. The first-order valence-corrected chi connectivity index (χ1v) is 4.18. The zero-order chi connectivity index (χ0) is 7.56. The van der Waals surface area contributed by atoms with Gasteiger partial charge in [-0.15, -0.1) is 0 Å². The van der Waals surface area contributed by atoms with Gasteiger partial charge < -0.3 is 4.57 Å². The molecule has 0 bridgehead atoms. The van der Waals surface area contributed by atoms with Gasteiger partial charge in [0.1, 0.15) is 0 Å². The summed E-state index contributed by atoms with van der Waals surface area (Å²) in [7, 11) is 0. The van der Waals surface area contributed by atoms with Crippen molar-refractivity contribution in [2.45, 2.75) is 13.5 Å². The maximum atomic E-state index is 11.2. The van der Waals surface area contributed by atoms with Crippen molar-refractivity contribution in [2.75, 3.05) is 0 Å². The number of nitrogens with zero attached hydrogens (tertiary/aromatic N) is 1. The molecule has 0 radical (unpaired) electrons. The second-order valence-electron chi connectivity index (χ2n) is 1.95. The van der Waals surface area contributed by atoms with Crippen LogP contribution in [0.4, 0.5) is 0 Å². The number of rotatable bonds is 1. The van der Waals surface area contributed by atoms with Crippen molar-refractivity contribution >= 4 is 22.6 Å². The Morgan fingerprint density at radius 2 is 2.40 bits per heavy atom. The van der Waals surface area contributed by atoms with E-state index in [0.717, 1.165) is 10.1 Å². The summed E-state index contributed by atoms with van der Waals surface area (Å²) < 4.78 is 2.46. The van der Waals surface area contributed by atoms with E-state index >= 15 is 0 Å². The van der Waals surface area contributed by atoms with Crippen molar-refractivity contribution in [3.63, 3.8) is 0 Å². The summed E-state index contributed by atoms with van der Waals surface area (Å²) in [5.41, 5.74) is 0.102. The molecule has 0 aliphatic rings. The van der Waals surface area contributed by atoms with E-state index in [4.69, 9.17) is 0 Å². The van der Waals surface area contributed by atoms with Crippen LogP contribution in [-0.2, 0) is 6.54 Å². The van der Waals surface area contributed by atoms with Gasteiger partial charge in [-0.3, -0.25) is 4.79 Å². The third kappa shape index (κ3) is 1.39. The first kappa shape index (κ1) is 7.78. The first-order valence-electron chi connectivity index (χ1n) is 3.10. The van der Waals surface area contributed by atoms with Crippen LogP contribution in [0.25, 0.3) is 0 Å². The number of halogens is 1. The second-order valence-corrected chi connectivity index (χ2v) is 3.11. The fourth-order valence-electron chi connectivity index (χ4n) is 0.757. The topological polar surface area (TPSA) is 22.0 Å². The van der Waals surface area contributed by atoms with Gasteiger partial charge in [0.25, 0.3) is 5.56 Å². The van der Waals surface area contributed by atoms with E-state index in [-0.39, 0.29) is 5.56 Å². The summed E-state index contributed by atoms with van der Waals surface area (Å²) >= 11 is 2.04. The maximum absolute atomic E-state index is 11.2. The molecule has 0 atom stereocenters. The van der Waals surface area contributed by atoms with Crippen LogP contribution >= 0.6 is 22.6 Å². The van der Waals surface area contributed by atoms with Crippen LogP contribution in [0.15, 0.2) is 23.1 Å². The Morgan fingerprint density at radius 1 is 1.70 bits per heavy atom. The lowest BCUT2D eigenvalue weighted by Crippen LogP contribution is -2.19. The third-order valence-corrected chi connectivity index (χ3v) is 2.14. The van der Waals surface area contributed by atoms with E-state index < -0.39 is 0 Å². The van der Waals surface area contributed by atoms with Crippen LogP contribution in [0, 0.1) is 3.57 Å². The van der Waals surface area contributed by atoms with Gasteiger partial charge in [-0.25, -0.2) is 0 Å². The highest BCUT2D eigenvalue weighted by Crippen LogP contribution is 1.94. The molecule has 0 fully saturated rings. The summed E-state index contributed by atoms with van der Waals surface area (Å²) in [6.45, 7) is 2.70. The molecule has 1 rings (SSSR count). The Labute approximate surface area is 73.0 Å². The summed E-state index contributed by atoms with van der Waals surface area (Å²) in [6, 6.07) is 3.70. The molecule has 0 spiro atoms. The van der Waals surface area contributed by atoms with Crippen LogP contribution in [-0.4, -0.2) is 4.57 Å². The Bertz CT molecular complexity index is 279. The minimum Gasteiger partial charge on any atom is -0.315 e. The van der Waals surface area contributed by atoms with Gasteiger partial charge in [-0.1, -0.05) is 0 Å². The quantitative estimate of drug-likeness (QED) is 0.691. The number of pyridine rings is 1. The minimum absolute atomic E-state index is 0.102. The SMILES string of the molecule is CCn1cccc(I)c1=O. The van der Waals surface area contributed by atoms with Crippen molar-refractivity contribution in [1.82, 2.24) is 4.57 Å². The normalized spacial score (nSPS) is 9.80. The summed E-state index contributed by atoms with van der Waals surface area (Å²) in [6.07, 6.45) is 1.80. The molecule has 0 aromatic carbocycles. The van der Waals surface area contributed by atoms with Gasteiger partial charge in [-0.2, -0.15) is 0 Å². The molecule has 0 aliphatic carbocycles. The largest absolute Gasteiger partial charge is 0.315 e. The lowest BCUT2D eigenvalue weighted by Gasteiger charge is -1.99. The van der Waals surface area contributed by atoms with Crippen molar-refractivity contribution in [3.05, 3.63) is 32.3 Å². The minimum atomic E-state index is 0.102. The van der Waals surface area contributed by atoms with E-state index in [2.05, 4.69) is 0 Å². The molecular weight excluding hydrogens is 241 g/mol. The Kier molecular flexibility index (Phi) is 2.48. The van der Waals surface area contributed by atoms with Crippen LogP contribution in [0.5, 0.6) is 0 Å². The number of aryl methyl sites for hydroxylation is 1. The van der Waals surface area contributed by atoms with Crippen LogP contribution in [0.3, 0.4) is 0 Å². The Morgan fingerprint density at radius 3 is 2.90 bits per heavy atom. The lowest BCUT2D eigenvalue weighted by molar-refractivity contribution is 0.723. The van der Waals surface area contributed by atoms with Crippen molar-refractivity contribution < 1.29 is 0 Å². The number of hydrogen-bond acceptors (Lipinski definition) is 1. The number of hydrogen-bond donors (Lipinski definition) is 0. The van der Waals surface area contributed by atoms with E-state index in [9.17, 15) is 4.79 Å². The molecule has 0 N–H and O–H groups in total. The third-order valence-electron chi connectivity index (χ3n) is 1.31. The molecular formula is C7H8INO. The van der Waals surface area contributed by atoms with Gasteiger partial charge in [0, 0.05) is 12.7 Å². The van der Waals surface area contributed by atoms with E-state index in [0.29, 0.717) is 0 Å². The van der Waals surface area contributed by atoms with Crippen LogP contribution < -0.4 is 5.56 Å². The van der Waals surface area contributed by atoms with Gasteiger partial charge in [0.2, 0.25) is 0 Å². The molecule has 1 aromatic rings. The van der Waals surface area contributed by atoms with E-state index in [1.54, 1.807) is 10.8 Å². The summed E-state index contributed by atoms with van der Waals surface area (Å²) in [4.78, 5) is 11.2. The molecule has 0 saturated heterocycles. The molecule has 1 heterocycles. The predicted molar refractivity (Wildman–Crippen MR) is 49.1 cm³/mol. The van der Waals surface area contributed by atoms with Crippen molar-refractivity contribution in [1.29, 1.82) is 0 Å². The molecule has 2 nitrogen and oxygen atoms in total. The highest BCUT2D eigenvalue weighted by atomic mass is 127. The molecule has 3 heteroatoms. The van der Waals surface area contributed by atoms with Gasteiger partial charge in [-0.05, 0) is 41.6 Å². The molecule has 54 valence electrons. The van der Waals surface area contributed by atoms with Crippen molar-refractivity contribution in [2.24, 2.45) is 0 Å². The summed E-state index contributed by atoms with van der Waals surface area (Å²) in [5, 5.41) is 0. The predicted octanol–water partition coefficient (Wildman–Crippen LogP) is 1.47. The number of aromatic nitrogens is 1. The maximum Gasteiger partial charge on any atom is 0.263 e. The molecule has 10 heavy (non-hydrogen) atoms. The first-order chi connectivity index (χ1) is 4.75. The molecule has 0 saturated carbocycles. The lowest BCUT2D eigenvalue weighted by atomic mass is 10.5. The monoisotopic (exact) mass is 249 g/mol. The Hall–Kier alpha value is -0.320. The Balaban J connectivity index is 3.28. The van der Waals surface area contributed by atoms with Gasteiger partial charge in [0.15, 0.2) is 0 Å². The standard InChI is InChI=1S/C7H8INO/c1-2-9-5-3-4-6(8)7(9)10/h3-5H,2H2,1H3. The molecule has 0 amide bonds. The molecule has 1 aromatic heterocycles. The fourth-order valence-corrected chi connectivity index (χ4v) is 1.27. The van der Waals surface area contributed by atoms with Gasteiger partial charge in [0.05, 0.1) is 3.57 Å². The molecule has 0 aliphatic heterocycles. The molecule has 0 unspecified atom stereocenters. The van der Waals surface area contributed by atoms with E-state index in [1.807, 2.05) is 41.6 Å². The van der Waals surface area contributed by atoms with Gasteiger partial charge >= 0.3 is 0 Å². The smallest absolute Gasteiger partial charge is 0.263 e. The van der Waals surface area contributed by atoms with E-state index in [1.165, 1.54) is 0 Å². The fraction of sp³-hybridized carbons (Fsp3) is 0.286. The highest BCUT2D eigenvalue weighted by molar-refractivity contribution is 14.1. The van der Waals surface area contributed by atoms with Crippen LogP contribution in [0.2, 0.25) is 0 Å².